The van der Waals surface area contributed by atoms with E-state index < -0.39 is 8.07 Å². The smallest absolute Gasteiger partial charge is 0.155 e. The molecule has 1 aromatic carbocycles. The maximum atomic E-state index is 12.9. The summed E-state index contributed by atoms with van der Waals surface area (Å²) in [4.78, 5) is 12.9. The summed E-state index contributed by atoms with van der Waals surface area (Å²) >= 11 is 0. The van der Waals surface area contributed by atoms with E-state index in [2.05, 4.69) is 71.9 Å². The van der Waals surface area contributed by atoms with Crippen molar-refractivity contribution in [3.05, 3.63) is 47.2 Å². The third-order valence-electron chi connectivity index (χ3n) is 5.63. The van der Waals surface area contributed by atoms with Gasteiger partial charge in [-0.3, -0.25) is 4.79 Å². The average Bonchev–Trinajstić information content (AvgIpc) is 2.82. The van der Waals surface area contributed by atoms with Crippen LogP contribution in [0, 0.1) is 0 Å². The van der Waals surface area contributed by atoms with Gasteiger partial charge in [-0.15, -0.1) is 0 Å². The van der Waals surface area contributed by atoms with Crippen LogP contribution < -0.4 is 0 Å². The molecule has 22 heavy (non-hydrogen) atoms. The van der Waals surface area contributed by atoms with E-state index in [9.17, 15) is 4.79 Å². The maximum absolute atomic E-state index is 12.9. The first kappa shape index (κ1) is 17.2. The Hall–Kier alpha value is -1.15. The summed E-state index contributed by atoms with van der Waals surface area (Å²) in [6, 6.07) is 10.5. The molecule has 0 aliphatic heterocycles. The fourth-order valence-electron chi connectivity index (χ4n) is 4.90. The van der Waals surface area contributed by atoms with E-state index >= 15 is 0 Å². The van der Waals surface area contributed by atoms with Crippen molar-refractivity contribution in [2.75, 3.05) is 0 Å². The van der Waals surface area contributed by atoms with Gasteiger partial charge in [-0.2, -0.15) is 0 Å². The first-order valence-corrected chi connectivity index (χ1v) is 10.8. The minimum absolute atomic E-state index is 0.284. The van der Waals surface area contributed by atoms with Gasteiger partial charge < -0.3 is 0 Å². The molecule has 0 spiro atoms. The van der Waals surface area contributed by atoms with Crippen LogP contribution in [0.3, 0.4) is 0 Å². The van der Waals surface area contributed by atoms with Crippen LogP contribution >= 0.6 is 0 Å². The molecule has 0 fully saturated rings. The number of Topliss-reactive ketones (excluding diaryl/α,β-unsaturated/α-hetero) is 1. The highest BCUT2D eigenvalue weighted by atomic mass is 28.3. The molecule has 0 aromatic heterocycles. The van der Waals surface area contributed by atoms with Gasteiger partial charge in [-0.1, -0.05) is 78.0 Å². The number of carbonyl (C=O) groups excluding carboxylic acids is 1. The van der Waals surface area contributed by atoms with Gasteiger partial charge in [0, 0.05) is 12.3 Å². The second-order valence-electron chi connectivity index (χ2n) is 7.62. The predicted molar refractivity (Wildman–Crippen MR) is 97.9 cm³/mol. The summed E-state index contributed by atoms with van der Waals surface area (Å²) in [5.74, 6) is 0.698. The minimum atomic E-state index is -1.82. The third-order valence-corrected chi connectivity index (χ3v) is 12.7. The van der Waals surface area contributed by atoms with Crippen LogP contribution in [0.15, 0.2) is 41.6 Å². The Morgan fingerprint density at radius 2 is 1.41 bits per heavy atom. The van der Waals surface area contributed by atoms with Crippen molar-refractivity contribution in [1.29, 1.82) is 0 Å². The largest absolute Gasteiger partial charge is 0.295 e. The van der Waals surface area contributed by atoms with Crippen molar-refractivity contribution in [2.24, 2.45) is 0 Å². The van der Waals surface area contributed by atoms with Crippen LogP contribution in [0.1, 0.15) is 59.4 Å². The molecule has 1 unspecified atom stereocenters. The molecule has 0 saturated carbocycles. The Balaban J connectivity index is 2.50. The molecule has 1 aliphatic rings. The summed E-state index contributed by atoms with van der Waals surface area (Å²) in [5.41, 5.74) is 3.07. The highest BCUT2D eigenvalue weighted by molar-refractivity contribution is 6.93. The Bertz CT molecular complexity index is 533. The zero-order valence-electron chi connectivity index (χ0n) is 14.9. The summed E-state index contributed by atoms with van der Waals surface area (Å²) in [5, 5.41) is 1.22. The van der Waals surface area contributed by atoms with Crippen LogP contribution in [0.2, 0.25) is 16.6 Å². The predicted octanol–water partition coefficient (Wildman–Crippen LogP) is 5.89. The van der Waals surface area contributed by atoms with Crippen molar-refractivity contribution in [1.82, 2.24) is 0 Å². The van der Waals surface area contributed by atoms with Gasteiger partial charge in [0.05, 0.1) is 8.07 Å². The van der Waals surface area contributed by atoms with Crippen molar-refractivity contribution in [3.8, 4) is 0 Å². The quantitative estimate of drug-likeness (QED) is 0.619. The number of allylic oxidation sites excluding steroid dienone is 2. The minimum Gasteiger partial charge on any atom is -0.295 e. The van der Waals surface area contributed by atoms with Gasteiger partial charge >= 0.3 is 0 Å². The molecule has 1 aliphatic carbocycles. The van der Waals surface area contributed by atoms with Crippen LogP contribution in [-0.4, -0.2) is 13.9 Å². The zero-order valence-corrected chi connectivity index (χ0v) is 15.9. The second kappa shape index (κ2) is 6.53. The number of hydrogen-bond acceptors (Lipinski definition) is 1. The fourth-order valence-corrected chi connectivity index (χ4v) is 11.8. The molecule has 0 radical (unpaired) electrons. The first-order valence-electron chi connectivity index (χ1n) is 8.62. The number of hydrogen-bond donors (Lipinski definition) is 0. The van der Waals surface area contributed by atoms with Crippen LogP contribution in [0.4, 0.5) is 0 Å². The molecule has 1 aromatic rings. The van der Waals surface area contributed by atoms with Gasteiger partial charge in [0.25, 0.3) is 0 Å². The molecule has 0 amide bonds. The van der Waals surface area contributed by atoms with Crippen molar-refractivity contribution in [3.63, 3.8) is 0 Å². The molecule has 0 heterocycles. The Kier molecular flexibility index (Phi) is 5.11. The van der Waals surface area contributed by atoms with E-state index in [-0.39, 0.29) is 5.92 Å². The van der Waals surface area contributed by atoms with Crippen LogP contribution in [0.5, 0.6) is 0 Å². The normalized spacial score (nSPS) is 19.4. The molecular formula is C20H30OSi. The van der Waals surface area contributed by atoms with Crippen molar-refractivity contribution >= 4 is 13.9 Å². The SMILES string of the molecule is CC(C)[Si](C1=CC(c2ccccc2)CC1=O)(C(C)C)C(C)C. The summed E-state index contributed by atoms with van der Waals surface area (Å²) in [7, 11) is -1.82. The molecule has 0 N–H and O–H groups in total. The molecule has 2 rings (SSSR count). The Morgan fingerprint density at radius 1 is 0.909 bits per heavy atom. The van der Waals surface area contributed by atoms with Gasteiger partial charge in [-0.05, 0) is 27.4 Å². The lowest BCUT2D eigenvalue weighted by Crippen LogP contribution is -2.48. The maximum Gasteiger partial charge on any atom is 0.155 e. The molecule has 2 heteroatoms. The molecule has 1 nitrogen and oxygen atoms in total. The standard InChI is InChI=1S/C20H30OSi/c1-14(2)22(15(3)4,16(5)6)20-13-18(12-19(20)21)17-10-8-7-9-11-17/h7-11,13-16,18H,12H2,1-6H3. The molecular weight excluding hydrogens is 284 g/mol. The fraction of sp³-hybridized carbons (Fsp3) is 0.550. The van der Waals surface area contributed by atoms with E-state index in [1.807, 2.05) is 6.07 Å². The number of carbonyl (C=O) groups is 1. The Morgan fingerprint density at radius 3 is 1.86 bits per heavy atom. The van der Waals surface area contributed by atoms with Crippen molar-refractivity contribution in [2.45, 2.75) is 70.5 Å². The Labute approximate surface area is 136 Å². The van der Waals surface area contributed by atoms with E-state index in [1.165, 1.54) is 10.8 Å². The number of ketones is 1. The molecule has 0 saturated heterocycles. The van der Waals surface area contributed by atoms with E-state index in [4.69, 9.17) is 0 Å². The summed E-state index contributed by atoms with van der Waals surface area (Å²) < 4.78 is 0. The van der Waals surface area contributed by atoms with E-state index in [1.54, 1.807) is 0 Å². The van der Waals surface area contributed by atoms with Crippen molar-refractivity contribution < 1.29 is 4.79 Å². The lowest BCUT2D eigenvalue weighted by molar-refractivity contribution is -0.114. The molecule has 1 atom stereocenters. The number of benzene rings is 1. The van der Waals surface area contributed by atoms with Gasteiger partial charge in [0.15, 0.2) is 5.78 Å². The molecule has 120 valence electrons. The highest BCUT2D eigenvalue weighted by Gasteiger charge is 2.50. The van der Waals surface area contributed by atoms with E-state index in [0.29, 0.717) is 28.8 Å². The van der Waals surface area contributed by atoms with Gasteiger partial charge in [-0.25, -0.2) is 0 Å². The first-order chi connectivity index (χ1) is 10.3. The lowest BCUT2D eigenvalue weighted by Gasteiger charge is -2.43. The van der Waals surface area contributed by atoms with E-state index in [0.717, 1.165) is 0 Å². The average molecular weight is 315 g/mol. The van der Waals surface area contributed by atoms with Crippen LogP contribution in [0.25, 0.3) is 0 Å². The lowest BCUT2D eigenvalue weighted by atomic mass is 9.99. The monoisotopic (exact) mass is 314 g/mol. The van der Waals surface area contributed by atoms with Gasteiger partial charge in [0.2, 0.25) is 0 Å². The highest BCUT2D eigenvalue weighted by Crippen LogP contribution is 2.50. The van der Waals surface area contributed by atoms with Gasteiger partial charge in [0.1, 0.15) is 0 Å². The summed E-state index contributed by atoms with van der Waals surface area (Å²) in [6.45, 7) is 14.0. The zero-order chi connectivity index (χ0) is 16.5. The second-order valence-corrected chi connectivity index (χ2v) is 13.5. The number of rotatable bonds is 5. The van der Waals surface area contributed by atoms with Crippen LogP contribution in [-0.2, 0) is 4.79 Å². The molecule has 0 bridgehead atoms. The summed E-state index contributed by atoms with van der Waals surface area (Å²) in [6.07, 6.45) is 3.00. The third kappa shape index (κ3) is 2.74. The topological polar surface area (TPSA) is 17.1 Å².